The van der Waals surface area contributed by atoms with E-state index in [1.807, 2.05) is 6.92 Å². The number of aliphatic hydroxyl groups excluding tert-OH is 1. The third kappa shape index (κ3) is 4.72. The van der Waals surface area contributed by atoms with Crippen LogP contribution >= 0.6 is 0 Å². The molecule has 3 aliphatic heterocycles. The van der Waals surface area contributed by atoms with Crippen LogP contribution in [0.1, 0.15) is 32.9 Å². The SMILES string of the molecule is Cc1c(C=C2C(=O)Nc3cccc(-c4cccc(F)c4F)c32)[nH]c2c1C(=O)N(CC(O)CN1CCOCC1)CC2. The standard InChI is InChI=1S/C30H30F2N4O4/c1-17-25(33-24-8-9-36(30(39)26(17)24)16-18(37)15-35-10-12-40-13-11-35)14-21-27-19(4-3-7-23(27)34-29(21)38)20-5-2-6-22(31)28(20)32/h2-7,14,18,33,37H,8-13,15-16H2,1H3,(H,34,38). The lowest BCUT2D eigenvalue weighted by molar-refractivity contribution is -0.110. The molecule has 2 amide bonds. The summed E-state index contributed by atoms with van der Waals surface area (Å²) in [6, 6.07) is 9.01. The van der Waals surface area contributed by atoms with Crippen LogP contribution in [0, 0.1) is 18.6 Å². The van der Waals surface area contributed by atoms with Crippen LogP contribution < -0.4 is 5.32 Å². The number of halogens is 2. The Morgan fingerprint density at radius 2 is 1.77 bits per heavy atom. The number of ether oxygens (including phenoxy) is 1. The zero-order valence-electron chi connectivity index (χ0n) is 22.1. The quantitative estimate of drug-likeness (QED) is 0.410. The molecule has 1 atom stereocenters. The maximum Gasteiger partial charge on any atom is 0.256 e. The minimum Gasteiger partial charge on any atom is -0.390 e. The van der Waals surface area contributed by atoms with E-state index in [0.29, 0.717) is 71.9 Å². The van der Waals surface area contributed by atoms with Gasteiger partial charge in [-0.3, -0.25) is 14.5 Å². The molecule has 10 heteroatoms. The lowest BCUT2D eigenvalue weighted by atomic mass is 9.93. The third-order valence-corrected chi connectivity index (χ3v) is 7.86. The molecule has 208 valence electrons. The van der Waals surface area contributed by atoms with Crippen LogP contribution in [0.15, 0.2) is 36.4 Å². The van der Waals surface area contributed by atoms with E-state index in [-0.39, 0.29) is 23.9 Å². The highest BCUT2D eigenvalue weighted by Crippen LogP contribution is 2.42. The van der Waals surface area contributed by atoms with Gasteiger partial charge in [-0.2, -0.15) is 0 Å². The Morgan fingerprint density at radius 3 is 2.58 bits per heavy atom. The molecule has 3 aromatic rings. The maximum atomic E-state index is 14.8. The van der Waals surface area contributed by atoms with Crippen LogP contribution in [-0.2, 0) is 16.0 Å². The molecule has 0 radical (unpaired) electrons. The number of anilines is 1. The molecule has 1 aromatic heterocycles. The number of H-pyrrole nitrogens is 1. The molecular weight excluding hydrogens is 518 g/mol. The van der Waals surface area contributed by atoms with Crippen molar-refractivity contribution in [1.82, 2.24) is 14.8 Å². The number of amides is 2. The Kier molecular flexibility index (Phi) is 6.99. The molecule has 8 nitrogen and oxygen atoms in total. The summed E-state index contributed by atoms with van der Waals surface area (Å²) in [6.45, 7) is 5.79. The Bertz CT molecular complexity index is 1530. The first-order chi connectivity index (χ1) is 19.3. The maximum absolute atomic E-state index is 14.8. The van der Waals surface area contributed by atoms with Gasteiger partial charge in [0.2, 0.25) is 0 Å². The van der Waals surface area contributed by atoms with Crippen molar-refractivity contribution in [2.75, 3.05) is 51.3 Å². The van der Waals surface area contributed by atoms with Crippen LogP contribution in [0.2, 0.25) is 0 Å². The molecule has 3 aliphatic rings. The number of β-amino-alcohol motifs (C(OH)–C–C–N with tert-alkyl or cyclic N) is 1. The van der Waals surface area contributed by atoms with E-state index in [1.165, 1.54) is 12.1 Å². The van der Waals surface area contributed by atoms with Crippen LogP contribution in [0.25, 0.3) is 22.8 Å². The van der Waals surface area contributed by atoms with Gasteiger partial charge in [0.15, 0.2) is 11.6 Å². The summed E-state index contributed by atoms with van der Waals surface area (Å²) in [5.74, 6) is -2.49. The molecule has 3 N–H and O–H groups in total. The van der Waals surface area contributed by atoms with Gasteiger partial charge >= 0.3 is 0 Å². The second kappa shape index (κ2) is 10.6. The number of rotatable bonds is 6. The number of carbonyl (C=O) groups is 2. The monoisotopic (exact) mass is 548 g/mol. The normalized spacial score (nSPS) is 19.1. The highest BCUT2D eigenvalue weighted by atomic mass is 19.2. The number of benzene rings is 2. The van der Waals surface area contributed by atoms with Gasteiger partial charge in [-0.25, -0.2) is 8.78 Å². The number of nitrogens with one attached hydrogen (secondary N) is 2. The Balaban J connectivity index is 1.29. The minimum atomic E-state index is -0.984. The average Bonchev–Trinajstić information content (AvgIpc) is 3.44. The van der Waals surface area contributed by atoms with Crippen molar-refractivity contribution in [2.45, 2.75) is 19.4 Å². The third-order valence-electron chi connectivity index (χ3n) is 7.86. The largest absolute Gasteiger partial charge is 0.390 e. The van der Waals surface area contributed by atoms with Gasteiger partial charge in [0, 0.05) is 67.3 Å². The van der Waals surface area contributed by atoms with Crippen molar-refractivity contribution in [3.05, 3.63) is 76.1 Å². The zero-order chi connectivity index (χ0) is 28.0. The number of aromatic nitrogens is 1. The fourth-order valence-corrected chi connectivity index (χ4v) is 5.84. The summed E-state index contributed by atoms with van der Waals surface area (Å²) in [5, 5.41) is 13.5. The van der Waals surface area contributed by atoms with Crippen molar-refractivity contribution in [1.29, 1.82) is 0 Å². The second-order valence-corrected chi connectivity index (χ2v) is 10.4. The van der Waals surface area contributed by atoms with Crippen molar-refractivity contribution in [3.8, 4) is 11.1 Å². The van der Waals surface area contributed by atoms with Gasteiger partial charge in [0.1, 0.15) is 0 Å². The molecule has 6 rings (SSSR count). The van der Waals surface area contributed by atoms with E-state index in [9.17, 15) is 23.5 Å². The first-order valence-corrected chi connectivity index (χ1v) is 13.4. The predicted molar refractivity (Wildman–Crippen MR) is 147 cm³/mol. The lowest BCUT2D eigenvalue weighted by Gasteiger charge is -2.32. The number of aliphatic hydroxyl groups is 1. The van der Waals surface area contributed by atoms with Gasteiger partial charge < -0.3 is 25.0 Å². The number of fused-ring (bicyclic) bond motifs is 2. The summed E-state index contributed by atoms with van der Waals surface area (Å²) < 4.78 is 34.2. The molecule has 0 saturated carbocycles. The van der Waals surface area contributed by atoms with Crippen molar-refractivity contribution >= 4 is 29.2 Å². The minimum absolute atomic E-state index is 0.0585. The topological polar surface area (TPSA) is 97.9 Å². The van der Waals surface area contributed by atoms with Gasteiger partial charge in [-0.15, -0.1) is 0 Å². The second-order valence-electron chi connectivity index (χ2n) is 10.4. The lowest BCUT2D eigenvalue weighted by Crippen LogP contribution is -2.47. The molecule has 0 bridgehead atoms. The Morgan fingerprint density at radius 1 is 1.02 bits per heavy atom. The number of aromatic amines is 1. The van der Waals surface area contributed by atoms with Crippen molar-refractivity contribution < 1.29 is 28.2 Å². The van der Waals surface area contributed by atoms with Gasteiger partial charge in [0.25, 0.3) is 11.8 Å². The summed E-state index contributed by atoms with van der Waals surface area (Å²) in [7, 11) is 0. The molecule has 2 aromatic carbocycles. The van der Waals surface area contributed by atoms with E-state index >= 15 is 0 Å². The molecule has 1 unspecified atom stereocenters. The Labute approximate surface area is 230 Å². The van der Waals surface area contributed by atoms with E-state index in [2.05, 4.69) is 15.2 Å². The fraction of sp³-hybridized carbons (Fsp3) is 0.333. The summed E-state index contributed by atoms with van der Waals surface area (Å²) in [6.07, 6.45) is 1.57. The summed E-state index contributed by atoms with van der Waals surface area (Å²) in [5.41, 5.74) is 4.33. The van der Waals surface area contributed by atoms with Crippen LogP contribution in [0.4, 0.5) is 14.5 Å². The number of hydrogen-bond acceptors (Lipinski definition) is 5. The van der Waals surface area contributed by atoms with E-state index < -0.39 is 17.7 Å². The average molecular weight is 549 g/mol. The smallest absolute Gasteiger partial charge is 0.256 e. The molecule has 1 saturated heterocycles. The molecule has 0 aliphatic carbocycles. The van der Waals surface area contributed by atoms with Crippen molar-refractivity contribution in [2.24, 2.45) is 0 Å². The number of hydrogen-bond donors (Lipinski definition) is 3. The van der Waals surface area contributed by atoms with Crippen LogP contribution in [0.5, 0.6) is 0 Å². The van der Waals surface area contributed by atoms with E-state index in [0.717, 1.165) is 24.8 Å². The number of carbonyl (C=O) groups excluding carboxylic acids is 2. The molecular formula is C30H30F2N4O4. The van der Waals surface area contributed by atoms with Crippen molar-refractivity contribution in [3.63, 3.8) is 0 Å². The van der Waals surface area contributed by atoms with Crippen LogP contribution in [-0.4, -0.2) is 83.7 Å². The fourth-order valence-electron chi connectivity index (χ4n) is 5.84. The highest BCUT2D eigenvalue weighted by molar-refractivity contribution is 6.36. The molecule has 40 heavy (non-hydrogen) atoms. The number of morpholine rings is 1. The summed E-state index contributed by atoms with van der Waals surface area (Å²) >= 11 is 0. The molecule has 1 fully saturated rings. The van der Waals surface area contributed by atoms with Gasteiger partial charge in [-0.05, 0) is 36.3 Å². The first-order valence-electron chi connectivity index (χ1n) is 13.4. The van der Waals surface area contributed by atoms with E-state index in [4.69, 9.17) is 4.74 Å². The van der Waals surface area contributed by atoms with Gasteiger partial charge in [-0.1, -0.05) is 24.3 Å². The molecule has 0 spiro atoms. The highest BCUT2D eigenvalue weighted by Gasteiger charge is 2.33. The van der Waals surface area contributed by atoms with Gasteiger partial charge in [0.05, 0.1) is 30.5 Å². The number of nitrogens with zero attached hydrogens (tertiary/aromatic N) is 2. The predicted octanol–water partition coefficient (Wildman–Crippen LogP) is 3.45. The van der Waals surface area contributed by atoms with Crippen LogP contribution in [0.3, 0.4) is 0 Å². The first kappa shape index (κ1) is 26.4. The van der Waals surface area contributed by atoms with E-state index in [1.54, 1.807) is 29.2 Å². The Hall–Kier alpha value is -3.86. The molecule has 4 heterocycles. The summed E-state index contributed by atoms with van der Waals surface area (Å²) in [4.78, 5) is 33.6. The zero-order valence-corrected chi connectivity index (χ0v) is 22.1.